The van der Waals surface area contributed by atoms with Crippen molar-refractivity contribution in [2.75, 3.05) is 0 Å². The summed E-state index contributed by atoms with van der Waals surface area (Å²) in [6.07, 6.45) is 0. The standard InChI is InChI=1S/C28H14Br2O4/c29-17-11-16-12-23(28(32)34-26(16)24(30)13-17)21-10-4-9-20-22(14-25(31)33-27(20)21)19-8-3-6-15-5-1-2-7-18(15)19/h1-14H. The van der Waals surface area contributed by atoms with E-state index in [1.165, 1.54) is 6.07 Å². The maximum absolute atomic E-state index is 13.0. The summed E-state index contributed by atoms with van der Waals surface area (Å²) < 4.78 is 12.8. The van der Waals surface area contributed by atoms with Gasteiger partial charge in [0.25, 0.3) is 0 Å². The summed E-state index contributed by atoms with van der Waals surface area (Å²) in [5, 5.41) is 3.58. The SMILES string of the molecule is O=c1cc(-c2cccc3ccccc23)c2cccc(-c3cc4cc(Br)cc(Br)c4oc3=O)c2o1. The van der Waals surface area contributed by atoms with E-state index in [1.807, 2.05) is 66.7 Å². The maximum Gasteiger partial charge on any atom is 0.344 e. The van der Waals surface area contributed by atoms with E-state index >= 15 is 0 Å². The first kappa shape index (κ1) is 21.1. The van der Waals surface area contributed by atoms with Crippen LogP contribution in [0.15, 0.2) is 112 Å². The summed E-state index contributed by atoms with van der Waals surface area (Å²) in [6.45, 7) is 0. The van der Waals surface area contributed by atoms with Gasteiger partial charge in [-0.15, -0.1) is 0 Å². The molecule has 164 valence electrons. The minimum atomic E-state index is -0.513. The monoisotopic (exact) mass is 572 g/mol. The molecule has 0 unspecified atom stereocenters. The highest BCUT2D eigenvalue weighted by atomic mass is 79.9. The van der Waals surface area contributed by atoms with Crippen molar-refractivity contribution in [3.63, 3.8) is 0 Å². The van der Waals surface area contributed by atoms with Crippen LogP contribution in [0.5, 0.6) is 0 Å². The van der Waals surface area contributed by atoms with Gasteiger partial charge in [0.1, 0.15) is 5.58 Å². The molecule has 2 heterocycles. The lowest BCUT2D eigenvalue weighted by atomic mass is 9.94. The van der Waals surface area contributed by atoms with Crippen molar-refractivity contribution < 1.29 is 8.83 Å². The highest BCUT2D eigenvalue weighted by Crippen LogP contribution is 2.37. The fraction of sp³-hybridized carbons (Fsp3) is 0. The summed E-state index contributed by atoms with van der Waals surface area (Å²) in [5.74, 6) is 0. The molecule has 0 fully saturated rings. The Morgan fingerprint density at radius 1 is 0.559 bits per heavy atom. The largest absolute Gasteiger partial charge is 0.422 e. The topological polar surface area (TPSA) is 60.4 Å². The second-order valence-corrected chi connectivity index (χ2v) is 9.71. The molecule has 4 nitrogen and oxygen atoms in total. The molecule has 6 heteroatoms. The van der Waals surface area contributed by atoms with Crippen molar-refractivity contribution >= 4 is 64.6 Å². The van der Waals surface area contributed by atoms with Crippen LogP contribution in [0.1, 0.15) is 0 Å². The van der Waals surface area contributed by atoms with Crippen LogP contribution in [-0.4, -0.2) is 0 Å². The molecule has 6 rings (SSSR count). The van der Waals surface area contributed by atoms with Crippen LogP contribution in [0.25, 0.3) is 55.0 Å². The van der Waals surface area contributed by atoms with Gasteiger partial charge in [0, 0.05) is 32.4 Å². The smallest absolute Gasteiger partial charge is 0.344 e. The maximum atomic E-state index is 13.0. The number of fused-ring (bicyclic) bond motifs is 3. The lowest BCUT2D eigenvalue weighted by Crippen LogP contribution is -2.05. The van der Waals surface area contributed by atoms with Crippen LogP contribution in [0.2, 0.25) is 0 Å². The van der Waals surface area contributed by atoms with E-state index in [1.54, 1.807) is 12.1 Å². The second kappa shape index (κ2) is 8.08. The number of hydrogen-bond donors (Lipinski definition) is 0. The minimum absolute atomic E-state index is 0.321. The molecule has 0 bridgehead atoms. The molecule has 0 amide bonds. The Labute approximate surface area is 209 Å². The molecule has 2 aromatic heterocycles. The molecule has 0 atom stereocenters. The molecule has 0 radical (unpaired) electrons. The molecule has 6 aromatic rings. The molecule has 4 aromatic carbocycles. The Kier molecular flexibility index (Phi) is 5.01. The number of hydrogen-bond acceptors (Lipinski definition) is 4. The molecular weight excluding hydrogens is 560 g/mol. The zero-order valence-electron chi connectivity index (χ0n) is 17.5. The molecular formula is C28H14Br2O4. The van der Waals surface area contributed by atoms with Crippen molar-refractivity contribution in [2.24, 2.45) is 0 Å². The van der Waals surface area contributed by atoms with Crippen LogP contribution in [0.4, 0.5) is 0 Å². The quantitative estimate of drug-likeness (QED) is 0.197. The van der Waals surface area contributed by atoms with Gasteiger partial charge in [-0.25, -0.2) is 9.59 Å². The predicted molar refractivity (Wildman–Crippen MR) is 142 cm³/mol. The summed E-state index contributed by atoms with van der Waals surface area (Å²) in [5.41, 5.74) is 2.30. The molecule has 34 heavy (non-hydrogen) atoms. The first-order valence-electron chi connectivity index (χ1n) is 10.5. The highest BCUT2D eigenvalue weighted by Gasteiger charge is 2.18. The van der Waals surface area contributed by atoms with E-state index < -0.39 is 11.3 Å². The van der Waals surface area contributed by atoms with E-state index in [0.29, 0.717) is 26.8 Å². The van der Waals surface area contributed by atoms with Gasteiger partial charge in [-0.05, 0) is 50.5 Å². The summed E-state index contributed by atoms with van der Waals surface area (Å²) in [7, 11) is 0. The fourth-order valence-corrected chi connectivity index (χ4v) is 5.76. The molecule has 0 saturated carbocycles. The van der Waals surface area contributed by atoms with Crippen LogP contribution in [0.3, 0.4) is 0 Å². The first-order chi connectivity index (χ1) is 16.5. The third-order valence-electron chi connectivity index (χ3n) is 5.89. The van der Waals surface area contributed by atoms with Crippen LogP contribution in [0, 0.1) is 0 Å². The zero-order valence-corrected chi connectivity index (χ0v) is 20.6. The van der Waals surface area contributed by atoms with Crippen LogP contribution < -0.4 is 11.3 Å². The summed E-state index contributed by atoms with van der Waals surface area (Å²) in [4.78, 5) is 25.7. The van der Waals surface area contributed by atoms with E-state index in [4.69, 9.17) is 8.83 Å². The normalized spacial score (nSPS) is 11.5. The van der Waals surface area contributed by atoms with E-state index in [9.17, 15) is 9.59 Å². The predicted octanol–water partition coefficient (Wildman–Crippen LogP) is 7.91. The molecule has 0 aliphatic heterocycles. The van der Waals surface area contributed by atoms with Crippen molar-refractivity contribution in [3.05, 3.63) is 115 Å². The Balaban J connectivity index is 1.68. The van der Waals surface area contributed by atoms with Gasteiger partial charge in [0.05, 0.1) is 10.0 Å². The van der Waals surface area contributed by atoms with Gasteiger partial charge in [0.2, 0.25) is 0 Å². The first-order valence-corrected chi connectivity index (χ1v) is 12.1. The van der Waals surface area contributed by atoms with Gasteiger partial charge < -0.3 is 8.83 Å². The third kappa shape index (κ3) is 3.42. The van der Waals surface area contributed by atoms with E-state index in [-0.39, 0.29) is 0 Å². The average molecular weight is 574 g/mol. The van der Waals surface area contributed by atoms with Gasteiger partial charge in [-0.3, -0.25) is 0 Å². The number of para-hydroxylation sites is 1. The van der Waals surface area contributed by atoms with Crippen LogP contribution in [-0.2, 0) is 0 Å². The van der Waals surface area contributed by atoms with Gasteiger partial charge in [-0.2, -0.15) is 0 Å². The Morgan fingerprint density at radius 2 is 1.29 bits per heavy atom. The molecule has 0 saturated heterocycles. The molecule has 0 N–H and O–H groups in total. The van der Waals surface area contributed by atoms with Crippen molar-refractivity contribution in [2.45, 2.75) is 0 Å². The highest BCUT2D eigenvalue weighted by molar-refractivity contribution is 9.11. The Hall–Kier alpha value is -3.48. The average Bonchev–Trinajstić information content (AvgIpc) is 2.83. The third-order valence-corrected chi connectivity index (χ3v) is 6.94. The number of halogens is 2. The fourth-order valence-electron chi connectivity index (χ4n) is 4.42. The van der Waals surface area contributed by atoms with E-state index in [2.05, 4.69) is 31.9 Å². The lowest BCUT2D eigenvalue weighted by Gasteiger charge is -2.11. The molecule has 0 spiro atoms. The summed E-state index contributed by atoms with van der Waals surface area (Å²) in [6, 6.07) is 26.5. The Morgan fingerprint density at radius 3 is 2.18 bits per heavy atom. The summed E-state index contributed by atoms with van der Waals surface area (Å²) >= 11 is 6.92. The second-order valence-electron chi connectivity index (χ2n) is 7.94. The van der Waals surface area contributed by atoms with Gasteiger partial charge >= 0.3 is 11.3 Å². The number of benzene rings is 4. The minimum Gasteiger partial charge on any atom is -0.422 e. The number of rotatable bonds is 2. The zero-order chi connectivity index (χ0) is 23.4. The van der Waals surface area contributed by atoms with Crippen molar-refractivity contribution in [1.82, 2.24) is 0 Å². The van der Waals surface area contributed by atoms with E-state index in [0.717, 1.165) is 37.1 Å². The lowest BCUT2D eigenvalue weighted by molar-refractivity contribution is 0.555. The molecule has 0 aliphatic carbocycles. The van der Waals surface area contributed by atoms with Gasteiger partial charge in [-0.1, -0.05) is 76.6 Å². The Bertz CT molecular complexity index is 1880. The van der Waals surface area contributed by atoms with Crippen molar-refractivity contribution in [3.8, 4) is 22.3 Å². The van der Waals surface area contributed by atoms with Crippen molar-refractivity contribution in [1.29, 1.82) is 0 Å². The van der Waals surface area contributed by atoms with Gasteiger partial charge in [0.15, 0.2) is 5.58 Å². The van der Waals surface area contributed by atoms with Crippen LogP contribution >= 0.6 is 31.9 Å². The molecule has 0 aliphatic rings.